The molecule has 0 amide bonds. The fraction of sp³-hybridized carbons (Fsp3) is 0.500. The van der Waals surface area contributed by atoms with E-state index in [1.165, 1.54) is 11.1 Å². The molecule has 2 rings (SSSR count). The molecule has 1 heterocycles. The number of rotatable bonds is 4. The Morgan fingerprint density at radius 2 is 2.38 bits per heavy atom. The van der Waals surface area contributed by atoms with Gasteiger partial charge >= 0.3 is 0 Å². The van der Waals surface area contributed by atoms with E-state index in [9.17, 15) is 0 Å². The van der Waals surface area contributed by atoms with Gasteiger partial charge in [-0.1, -0.05) is 11.6 Å². The summed E-state index contributed by atoms with van der Waals surface area (Å²) in [6.45, 7) is 2.80. The van der Waals surface area contributed by atoms with E-state index in [1.807, 2.05) is 30.8 Å². The van der Waals surface area contributed by atoms with Crippen LogP contribution in [0.1, 0.15) is 18.1 Å². The van der Waals surface area contributed by atoms with Gasteiger partial charge in [0.2, 0.25) is 0 Å². The van der Waals surface area contributed by atoms with Crippen LogP contribution < -0.4 is 10.5 Å². The average molecular weight is 258 g/mol. The number of hydrogen-bond acceptors (Lipinski definition) is 3. The first-order valence-electron chi connectivity index (χ1n) is 5.44. The van der Waals surface area contributed by atoms with Crippen molar-refractivity contribution in [3.8, 4) is 5.75 Å². The Bertz CT molecular complexity index is 382. The lowest BCUT2D eigenvalue weighted by Crippen LogP contribution is -2.17. The van der Waals surface area contributed by atoms with Crippen molar-refractivity contribution in [2.45, 2.75) is 25.1 Å². The van der Waals surface area contributed by atoms with Crippen molar-refractivity contribution in [2.75, 3.05) is 12.4 Å². The molecule has 0 saturated carbocycles. The number of fused-ring (bicyclic) bond motifs is 1. The summed E-state index contributed by atoms with van der Waals surface area (Å²) in [5.41, 5.74) is 8.16. The second-order valence-corrected chi connectivity index (χ2v) is 5.61. The van der Waals surface area contributed by atoms with E-state index >= 15 is 0 Å². The number of benzene rings is 1. The average Bonchev–Trinajstić information content (AvgIpc) is 2.64. The molecule has 0 bridgehead atoms. The second kappa shape index (κ2) is 5.30. The van der Waals surface area contributed by atoms with E-state index in [0.717, 1.165) is 35.3 Å². The van der Waals surface area contributed by atoms with E-state index in [0.29, 0.717) is 0 Å². The molecule has 0 radical (unpaired) electrons. The molecule has 2 nitrogen and oxygen atoms in total. The third kappa shape index (κ3) is 2.84. The number of nitrogens with two attached hydrogens (primary N) is 1. The smallest absolute Gasteiger partial charge is 0.126 e. The van der Waals surface area contributed by atoms with Crippen molar-refractivity contribution in [2.24, 2.45) is 5.73 Å². The van der Waals surface area contributed by atoms with Crippen LogP contribution in [0.5, 0.6) is 5.75 Å². The monoisotopic (exact) mass is 257 g/mol. The Labute approximate surface area is 105 Å². The molecule has 2 N–H and O–H groups in total. The van der Waals surface area contributed by atoms with Gasteiger partial charge in [-0.25, -0.2) is 0 Å². The van der Waals surface area contributed by atoms with Gasteiger partial charge in [-0.05, 0) is 24.6 Å². The normalized spacial score (nSPS) is 15.7. The Morgan fingerprint density at radius 1 is 1.56 bits per heavy atom. The molecular weight excluding hydrogens is 242 g/mol. The molecule has 4 heteroatoms. The number of halogens is 1. The SMILES string of the molecule is CC(N)CSCc1cc(Cl)cc2c1OCC2. The topological polar surface area (TPSA) is 35.2 Å². The molecule has 1 aliphatic heterocycles. The van der Waals surface area contributed by atoms with Gasteiger partial charge < -0.3 is 10.5 Å². The minimum Gasteiger partial charge on any atom is -0.493 e. The predicted molar refractivity (Wildman–Crippen MR) is 70.5 cm³/mol. The van der Waals surface area contributed by atoms with Gasteiger partial charge in [0.15, 0.2) is 0 Å². The van der Waals surface area contributed by atoms with Crippen LogP contribution in [-0.2, 0) is 12.2 Å². The van der Waals surface area contributed by atoms with E-state index in [4.69, 9.17) is 22.1 Å². The minimum absolute atomic E-state index is 0.234. The van der Waals surface area contributed by atoms with Crippen LogP contribution in [0.25, 0.3) is 0 Å². The third-order valence-electron chi connectivity index (χ3n) is 2.46. The predicted octanol–water partition coefficient (Wildman–Crippen LogP) is 2.86. The molecule has 1 atom stereocenters. The highest BCUT2D eigenvalue weighted by Gasteiger charge is 2.17. The first-order chi connectivity index (χ1) is 7.66. The highest BCUT2D eigenvalue weighted by molar-refractivity contribution is 7.98. The van der Waals surface area contributed by atoms with Crippen LogP contribution in [0.4, 0.5) is 0 Å². The van der Waals surface area contributed by atoms with Gasteiger partial charge in [0.1, 0.15) is 5.75 Å². The molecule has 1 aliphatic rings. The van der Waals surface area contributed by atoms with Crippen molar-refractivity contribution >= 4 is 23.4 Å². The molecule has 1 unspecified atom stereocenters. The highest BCUT2D eigenvalue weighted by Crippen LogP contribution is 2.34. The van der Waals surface area contributed by atoms with E-state index in [-0.39, 0.29) is 6.04 Å². The Kier molecular flexibility index (Phi) is 4.00. The van der Waals surface area contributed by atoms with Gasteiger partial charge in [-0.15, -0.1) is 0 Å². The van der Waals surface area contributed by atoms with Gasteiger partial charge in [-0.3, -0.25) is 0 Å². The Hall–Kier alpha value is -0.380. The standard InChI is InChI=1S/C12H16ClNOS/c1-8(14)6-16-7-10-5-11(13)4-9-2-3-15-12(9)10/h4-5,8H,2-3,6-7,14H2,1H3. The van der Waals surface area contributed by atoms with Gasteiger partial charge in [0.05, 0.1) is 6.61 Å². The number of thioether (sulfide) groups is 1. The van der Waals surface area contributed by atoms with E-state index in [1.54, 1.807) is 0 Å². The van der Waals surface area contributed by atoms with Gasteiger partial charge in [-0.2, -0.15) is 11.8 Å². The summed E-state index contributed by atoms with van der Waals surface area (Å²) in [5, 5.41) is 0.806. The van der Waals surface area contributed by atoms with Crippen LogP contribution >= 0.6 is 23.4 Å². The summed E-state index contributed by atoms with van der Waals surface area (Å²) < 4.78 is 5.64. The van der Waals surface area contributed by atoms with Crippen LogP contribution in [0, 0.1) is 0 Å². The highest BCUT2D eigenvalue weighted by atomic mass is 35.5. The fourth-order valence-corrected chi connectivity index (χ4v) is 3.00. The van der Waals surface area contributed by atoms with Crippen LogP contribution in [0.2, 0.25) is 5.02 Å². The maximum Gasteiger partial charge on any atom is 0.126 e. The lowest BCUT2D eigenvalue weighted by Gasteiger charge is -2.09. The van der Waals surface area contributed by atoms with Crippen LogP contribution in [-0.4, -0.2) is 18.4 Å². The summed E-state index contributed by atoms with van der Waals surface area (Å²) in [6, 6.07) is 4.24. The zero-order chi connectivity index (χ0) is 11.5. The lowest BCUT2D eigenvalue weighted by molar-refractivity contribution is 0.354. The van der Waals surface area contributed by atoms with E-state index < -0.39 is 0 Å². The molecule has 0 fully saturated rings. The molecular formula is C12H16ClNOS. The molecule has 0 spiro atoms. The number of ether oxygens (including phenoxy) is 1. The quantitative estimate of drug-likeness (QED) is 0.901. The Morgan fingerprint density at radius 3 is 3.12 bits per heavy atom. The van der Waals surface area contributed by atoms with Crippen molar-refractivity contribution in [3.05, 3.63) is 28.3 Å². The summed E-state index contributed by atoms with van der Waals surface area (Å²) in [7, 11) is 0. The van der Waals surface area contributed by atoms with E-state index in [2.05, 4.69) is 0 Å². The molecule has 0 aliphatic carbocycles. The molecule has 0 aromatic heterocycles. The van der Waals surface area contributed by atoms with Crippen molar-refractivity contribution in [3.63, 3.8) is 0 Å². The van der Waals surface area contributed by atoms with Crippen LogP contribution in [0.3, 0.4) is 0 Å². The first-order valence-corrected chi connectivity index (χ1v) is 6.97. The lowest BCUT2D eigenvalue weighted by atomic mass is 10.1. The molecule has 1 aromatic carbocycles. The zero-order valence-corrected chi connectivity index (χ0v) is 10.9. The maximum atomic E-state index is 6.08. The number of hydrogen-bond donors (Lipinski definition) is 1. The molecule has 0 saturated heterocycles. The summed E-state index contributed by atoms with van der Waals surface area (Å²) in [6.07, 6.45) is 0.973. The minimum atomic E-state index is 0.234. The molecule has 16 heavy (non-hydrogen) atoms. The first kappa shape index (κ1) is 12.1. The second-order valence-electron chi connectivity index (χ2n) is 4.14. The van der Waals surface area contributed by atoms with Crippen LogP contribution in [0.15, 0.2) is 12.1 Å². The van der Waals surface area contributed by atoms with Crippen molar-refractivity contribution < 1.29 is 4.74 Å². The largest absolute Gasteiger partial charge is 0.493 e. The van der Waals surface area contributed by atoms with Crippen molar-refractivity contribution in [1.82, 2.24) is 0 Å². The van der Waals surface area contributed by atoms with Gasteiger partial charge in [0, 0.05) is 34.6 Å². The Balaban J connectivity index is 2.08. The third-order valence-corrected chi connectivity index (χ3v) is 3.96. The van der Waals surface area contributed by atoms with Crippen molar-refractivity contribution in [1.29, 1.82) is 0 Å². The van der Waals surface area contributed by atoms with Gasteiger partial charge in [0.25, 0.3) is 0 Å². The molecule has 88 valence electrons. The maximum absolute atomic E-state index is 6.08. The summed E-state index contributed by atoms with van der Waals surface area (Å²) in [4.78, 5) is 0. The molecule has 1 aromatic rings. The zero-order valence-electron chi connectivity index (χ0n) is 9.33. The summed E-state index contributed by atoms with van der Waals surface area (Å²) >= 11 is 7.91. The fourth-order valence-electron chi connectivity index (χ4n) is 1.81. The summed E-state index contributed by atoms with van der Waals surface area (Å²) in [5.74, 6) is 2.92.